The fourth-order valence-corrected chi connectivity index (χ4v) is 3.19. The Labute approximate surface area is 131 Å². The van der Waals surface area contributed by atoms with Crippen LogP contribution in [0.5, 0.6) is 5.75 Å². The van der Waals surface area contributed by atoms with E-state index in [1.54, 1.807) is 0 Å². The average molecular weight is 297 g/mol. The number of carbonyl (C=O) groups excluding carboxylic acids is 1. The highest BCUT2D eigenvalue weighted by atomic mass is 16.5. The summed E-state index contributed by atoms with van der Waals surface area (Å²) < 4.78 is 5.64. The minimum absolute atomic E-state index is 0.0214. The lowest BCUT2D eigenvalue weighted by Crippen LogP contribution is -2.43. The third kappa shape index (κ3) is 3.59. The molecular formula is C19H23NO2. The van der Waals surface area contributed by atoms with E-state index >= 15 is 0 Å². The number of hydrogen-bond donors (Lipinski definition) is 1. The molecule has 3 nitrogen and oxygen atoms in total. The van der Waals surface area contributed by atoms with Gasteiger partial charge in [0.25, 0.3) is 5.91 Å². The van der Waals surface area contributed by atoms with E-state index in [9.17, 15) is 4.79 Å². The van der Waals surface area contributed by atoms with Crippen molar-refractivity contribution in [3.63, 3.8) is 0 Å². The molecule has 1 fully saturated rings. The van der Waals surface area contributed by atoms with Crippen molar-refractivity contribution in [2.24, 2.45) is 5.92 Å². The molecule has 2 aromatic carbocycles. The summed E-state index contributed by atoms with van der Waals surface area (Å²) in [6, 6.07) is 14.4. The van der Waals surface area contributed by atoms with Crippen molar-refractivity contribution in [2.75, 3.05) is 6.61 Å². The first-order valence-electron chi connectivity index (χ1n) is 8.13. The second-order valence-corrected chi connectivity index (χ2v) is 6.23. The average Bonchev–Trinajstić information content (AvgIpc) is 2.55. The molecule has 1 aliphatic carbocycles. The number of hydrogen-bond acceptors (Lipinski definition) is 2. The molecule has 0 radical (unpaired) electrons. The highest BCUT2D eigenvalue weighted by molar-refractivity contribution is 5.84. The van der Waals surface area contributed by atoms with Gasteiger partial charge in [-0.3, -0.25) is 4.79 Å². The van der Waals surface area contributed by atoms with E-state index in [4.69, 9.17) is 4.74 Å². The van der Waals surface area contributed by atoms with Crippen molar-refractivity contribution in [3.05, 3.63) is 42.5 Å². The van der Waals surface area contributed by atoms with Gasteiger partial charge in [0.1, 0.15) is 5.75 Å². The van der Waals surface area contributed by atoms with Crippen LogP contribution in [-0.2, 0) is 4.79 Å². The molecule has 116 valence electrons. The summed E-state index contributed by atoms with van der Waals surface area (Å²) in [5, 5.41) is 5.41. The summed E-state index contributed by atoms with van der Waals surface area (Å²) in [4.78, 5) is 12.1. The Morgan fingerprint density at radius 3 is 2.73 bits per heavy atom. The molecule has 22 heavy (non-hydrogen) atoms. The SMILES string of the molecule is CC1CCCCC1NC(=O)COc1ccc2ccccc2c1. The standard InChI is InChI=1S/C19H23NO2/c1-14-6-2-5-9-18(14)20-19(21)13-22-17-11-10-15-7-3-4-8-16(15)12-17/h3-4,7-8,10-12,14,18H,2,5-6,9,13H2,1H3,(H,20,21). The van der Waals surface area contributed by atoms with Crippen LogP contribution >= 0.6 is 0 Å². The van der Waals surface area contributed by atoms with Crippen LogP contribution in [-0.4, -0.2) is 18.6 Å². The second kappa shape index (κ2) is 6.82. The van der Waals surface area contributed by atoms with E-state index in [1.165, 1.54) is 24.6 Å². The van der Waals surface area contributed by atoms with Gasteiger partial charge >= 0.3 is 0 Å². The van der Waals surface area contributed by atoms with Gasteiger partial charge in [-0.25, -0.2) is 0 Å². The topological polar surface area (TPSA) is 38.3 Å². The van der Waals surface area contributed by atoms with Crippen molar-refractivity contribution >= 4 is 16.7 Å². The van der Waals surface area contributed by atoms with Gasteiger partial charge in [-0.1, -0.05) is 50.1 Å². The molecule has 2 aromatic rings. The number of benzene rings is 2. The zero-order valence-electron chi connectivity index (χ0n) is 13.0. The first kappa shape index (κ1) is 14.9. The number of fused-ring (bicyclic) bond motifs is 1. The Morgan fingerprint density at radius 1 is 1.14 bits per heavy atom. The van der Waals surface area contributed by atoms with Crippen LogP contribution < -0.4 is 10.1 Å². The van der Waals surface area contributed by atoms with Crippen molar-refractivity contribution in [1.29, 1.82) is 0 Å². The maximum Gasteiger partial charge on any atom is 0.258 e. The molecule has 0 spiro atoms. The van der Waals surface area contributed by atoms with Crippen LogP contribution in [0.3, 0.4) is 0 Å². The van der Waals surface area contributed by atoms with E-state index in [0.717, 1.165) is 17.6 Å². The highest BCUT2D eigenvalue weighted by Crippen LogP contribution is 2.24. The second-order valence-electron chi connectivity index (χ2n) is 6.23. The lowest BCUT2D eigenvalue weighted by molar-refractivity contribution is -0.124. The molecule has 2 atom stereocenters. The van der Waals surface area contributed by atoms with Crippen LogP contribution in [0, 0.1) is 5.92 Å². The van der Waals surface area contributed by atoms with Crippen LogP contribution in [0.15, 0.2) is 42.5 Å². The molecule has 1 amide bonds. The lowest BCUT2D eigenvalue weighted by Gasteiger charge is -2.29. The molecule has 1 saturated carbocycles. The zero-order chi connectivity index (χ0) is 15.4. The first-order valence-corrected chi connectivity index (χ1v) is 8.13. The fourth-order valence-electron chi connectivity index (χ4n) is 3.19. The van der Waals surface area contributed by atoms with Crippen molar-refractivity contribution in [3.8, 4) is 5.75 Å². The first-order chi connectivity index (χ1) is 10.7. The number of amides is 1. The van der Waals surface area contributed by atoms with E-state index in [1.807, 2.05) is 36.4 Å². The quantitative estimate of drug-likeness (QED) is 0.929. The number of nitrogens with one attached hydrogen (secondary N) is 1. The van der Waals surface area contributed by atoms with Gasteiger partial charge in [0, 0.05) is 6.04 Å². The lowest BCUT2D eigenvalue weighted by atomic mass is 9.86. The van der Waals surface area contributed by atoms with Gasteiger partial charge in [0.15, 0.2) is 6.61 Å². The Balaban J connectivity index is 1.55. The summed E-state index contributed by atoms with van der Waals surface area (Å²) in [6.07, 6.45) is 4.78. The highest BCUT2D eigenvalue weighted by Gasteiger charge is 2.22. The van der Waals surface area contributed by atoms with Crippen LogP contribution in [0.25, 0.3) is 10.8 Å². The predicted octanol–water partition coefficient (Wildman–Crippen LogP) is 3.91. The van der Waals surface area contributed by atoms with Gasteiger partial charge in [0.05, 0.1) is 0 Å². The number of carbonyl (C=O) groups is 1. The molecule has 0 aromatic heterocycles. The Bertz CT molecular complexity index is 653. The minimum Gasteiger partial charge on any atom is -0.484 e. The molecule has 3 rings (SSSR count). The minimum atomic E-state index is -0.0214. The van der Waals surface area contributed by atoms with Gasteiger partial charge in [0.2, 0.25) is 0 Å². The van der Waals surface area contributed by atoms with Gasteiger partial charge < -0.3 is 10.1 Å². The fraction of sp³-hybridized carbons (Fsp3) is 0.421. The normalized spacial score (nSPS) is 21.5. The molecular weight excluding hydrogens is 274 g/mol. The van der Waals surface area contributed by atoms with E-state index in [2.05, 4.69) is 18.3 Å². The monoisotopic (exact) mass is 297 g/mol. The zero-order valence-corrected chi connectivity index (χ0v) is 13.0. The Kier molecular flexibility index (Phi) is 4.62. The smallest absolute Gasteiger partial charge is 0.258 e. The Hall–Kier alpha value is -2.03. The molecule has 0 saturated heterocycles. The van der Waals surface area contributed by atoms with Gasteiger partial charge in [-0.15, -0.1) is 0 Å². The molecule has 2 unspecified atom stereocenters. The van der Waals surface area contributed by atoms with Crippen molar-refractivity contribution in [1.82, 2.24) is 5.32 Å². The molecule has 0 aliphatic heterocycles. The van der Waals surface area contributed by atoms with E-state index in [0.29, 0.717) is 12.0 Å². The molecule has 1 N–H and O–H groups in total. The molecule has 1 aliphatic rings. The number of rotatable bonds is 4. The summed E-state index contributed by atoms with van der Waals surface area (Å²) in [6.45, 7) is 2.30. The van der Waals surface area contributed by atoms with Crippen LogP contribution in [0.1, 0.15) is 32.6 Å². The molecule has 0 heterocycles. The third-order valence-electron chi connectivity index (χ3n) is 4.55. The predicted molar refractivity (Wildman–Crippen MR) is 89.0 cm³/mol. The van der Waals surface area contributed by atoms with Crippen LogP contribution in [0.4, 0.5) is 0 Å². The van der Waals surface area contributed by atoms with E-state index in [-0.39, 0.29) is 12.5 Å². The molecule has 3 heteroatoms. The maximum absolute atomic E-state index is 12.1. The number of ether oxygens (including phenoxy) is 1. The van der Waals surface area contributed by atoms with Crippen molar-refractivity contribution in [2.45, 2.75) is 38.6 Å². The molecule has 0 bridgehead atoms. The summed E-state index contributed by atoms with van der Waals surface area (Å²) >= 11 is 0. The van der Waals surface area contributed by atoms with Gasteiger partial charge in [-0.2, -0.15) is 0 Å². The van der Waals surface area contributed by atoms with E-state index < -0.39 is 0 Å². The Morgan fingerprint density at radius 2 is 1.91 bits per heavy atom. The van der Waals surface area contributed by atoms with Gasteiger partial charge in [-0.05, 0) is 41.7 Å². The largest absolute Gasteiger partial charge is 0.484 e. The maximum atomic E-state index is 12.1. The summed E-state index contributed by atoms with van der Waals surface area (Å²) in [7, 11) is 0. The third-order valence-corrected chi connectivity index (χ3v) is 4.55. The summed E-state index contributed by atoms with van der Waals surface area (Å²) in [5.74, 6) is 1.29. The van der Waals surface area contributed by atoms with Crippen LogP contribution in [0.2, 0.25) is 0 Å². The van der Waals surface area contributed by atoms with Crippen molar-refractivity contribution < 1.29 is 9.53 Å². The summed E-state index contributed by atoms with van der Waals surface area (Å²) in [5.41, 5.74) is 0.